The van der Waals surface area contributed by atoms with E-state index in [1.807, 2.05) is 18.2 Å². The van der Waals surface area contributed by atoms with Crippen molar-refractivity contribution in [2.45, 2.75) is 25.3 Å². The molecular weight excluding hydrogens is 366 g/mol. The van der Waals surface area contributed by atoms with Crippen molar-refractivity contribution in [3.05, 3.63) is 66.5 Å². The number of allylic oxidation sites excluding steroid dienone is 3. The largest absolute Gasteiger partial charge is 0.495 e. The summed E-state index contributed by atoms with van der Waals surface area (Å²) in [5, 5.41) is 0. The van der Waals surface area contributed by atoms with Gasteiger partial charge in [-0.2, -0.15) is 0 Å². The Balaban J connectivity index is 1.47. The van der Waals surface area contributed by atoms with Gasteiger partial charge in [-0.3, -0.25) is 4.90 Å². The standard InChI is InChI=1S/C23H29N3O3/c1-27-22-8-7-19(24)16-21(22)26-11-9-25(10-12-26)20(23-17-28-13-14-29-23)15-18-5-3-2-4-6-18/h2-3,5,7-8,13-14,16-17,20H,4,6,9-12,15,24H2,1H3. The maximum absolute atomic E-state index is 6.02. The first-order valence-electron chi connectivity index (χ1n) is 10.2. The number of nitrogen functional groups attached to an aromatic ring is 1. The second-order valence-corrected chi connectivity index (χ2v) is 7.51. The van der Waals surface area contributed by atoms with Crippen LogP contribution >= 0.6 is 0 Å². The number of hydrogen-bond donors (Lipinski definition) is 1. The van der Waals surface area contributed by atoms with Crippen molar-refractivity contribution < 1.29 is 14.2 Å². The van der Waals surface area contributed by atoms with Crippen LogP contribution < -0.4 is 15.4 Å². The number of ether oxygens (including phenoxy) is 3. The van der Waals surface area contributed by atoms with Gasteiger partial charge in [0.1, 0.15) is 24.5 Å². The summed E-state index contributed by atoms with van der Waals surface area (Å²) in [7, 11) is 1.70. The summed E-state index contributed by atoms with van der Waals surface area (Å²) >= 11 is 0. The Kier molecular flexibility index (Phi) is 6.10. The lowest BCUT2D eigenvalue weighted by Gasteiger charge is -2.41. The van der Waals surface area contributed by atoms with Crippen molar-refractivity contribution in [2.75, 3.05) is 43.9 Å². The number of nitrogens with zero attached hydrogens (tertiary/aromatic N) is 2. The Morgan fingerprint density at radius 3 is 2.72 bits per heavy atom. The molecule has 2 aliphatic heterocycles. The number of hydrogen-bond acceptors (Lipinski definition) is 6. The minimum atomic E-state index is 0.169. The molecule has 1 fully saturated rings. The zero-order valence-electron chi connectivity index (χ0n) is 16.9. The minimum Gasteiger partial charge on any atom is -0.495 e. The van der Waals surface area contributed by atoms with Crippen molar-refractivity contribution in [2.24, 2.45) is 0 Å². The molecule has 2 N–H and O–H groups in total. The fourth-order valence-corrected chi connectivity index (χ4v) is 4.14. The fourth-order valence-electron chi connectivity index (χ4n) is 4.14. The van der Waals surface area contributed by atoms with Crippen LogP contribution in [0.3, 0.4) is 0 Å². The van der Waals surface area contributed by atoms with Gasteiger partial charge >= 0.3 is 0 Å². The lowest BCUT2D eigenvalue weighted by atomic mass is 9.95. The summed E-state index contributed by atoms with van der Waals surface area (Å²) in [6.07, 6.45) is 14.7. The van der Waals surface area contributed by atoms with E-state index < -0.39 is 0 Å². The van der Waals surface area contributed by atoms with Crippen molar-refractivity contribution in [1.82, 2.24) is 4.90 Å². The van der Waals surface area contributed by atoms with Crippen LogP contribution in [0.15, 0.2) is 66.5 Å². The minimum absolute atomic E-state index is 0.169. The molecule has 3 aliphatic rings. The molecule has 0 saturated carbocycles. The first-order chi connectivity index (χ1) is 14.2. The van der Waals surface area contributed by atoms with Gasteiger partial charge in [0.05, 0.1) is 18.8 Å². The van der Waals surface area contributed by atoms with E-state index in [9.17, 15) is 0 Å². The lowest BCUT2D eigenvalue weighted by molar-refractivity contribution is 0.137. The normalized spacial score (nSPS) is 20.4. The molecule has 0 aromatic heterocycles. The monoisotopic (exact) mass is 395 g/mol. The molecule has 6 heteroatoms. The van der Waals surface area contributed by atoms with Crippen molar-refractivity contribution >= 4 is 11.4 Å². The molecule has 0 bridgehead atoms. The average molecular weight is 396 g/mol. The van der Waals surface area contributed by atoms with Crippen molar-refractivity contribution in [3.63, 3.8) is 0 Å². The van der Waals surface area contributed by atoms with Crippen LogP contribution in [0.4, 0.5) is 11.4 Å². The predicted molar refractivity (Wildman–Crippen MR) is 115 cm³/mol. The smallest absolute Gasteiger partial charge is 0.156 e. The SMILES string of the molecule is COc1ccc(N)cc1N1CCN(C(CC2=CC=CCC2)C2=COC=CO2)CC1. The number of methoxy groups -OCH3 is 1. The molecule has 1 saturated heterocycles. The third kappa shape index (κ3) is 4.59. The number of piperazine rings is 1. The summed E-state index contributed by atoms with van der Waals surface area (Å²) in [5.74, 6) is 1.73. The van der Waals surface area contributed by atoms with Gasteiger partial charge < -0.3 is 24.8 Å². The fraction of sp³-hybridized carbons (Fsp3) is 0.391. The van der Waals surface area contributed by atoms with Gasteiger partial charge in [0.2, 0.25) is 0 Å². The molecule has 0 radical (unpaired) electrons. The highest BCUT2D eigenvalue weighted by Gasteiger charge is 2.30. The Morgan fingerprint density at radius 2 is 2.03 bits per heavy atom. The average Bonchev–Trinajstić information content (AvgIpc) is 2.79. The van der Waals surface area contributed by atoms with Gasteiger partial charge in [-0.25, -0.2) is 0 Å². The summed E-state index contributed by atoms with van der Waals surface area (Å²) in [4.78, 5) is 4.83. The van der Waals surface area contributed by atoms with Crippen LogP contribution in [0.1, 0.15) is 19.3 Å². The van der Waals surface area contributed by atoms with E-state index >= 15 is 0 Å². The van der Waals surface area contributed by atoms with E-state index in [4.69, 9.17) is 19.9 Å². The van der Waals surface area contributed by atoms with Crippen LogP contribution in [-0.2, 0) is 9.47 Å². The molecule has 2 heterocycles. The van der Waals surface area contributed by atoms with Crippen LogP contribution in [0.5, 0.6) is 5.75 Å². The van der Waals surface area contributed by atoms with E-state index in [0.29, 0.717) is 0 Å². The molecule has 6 nitrogen and oxygen atoms in total. The maximum Gasteiger partial charge on any atom is 0.156 e. The highest BCUT2D eigenvalue weighted by atomic mass is 16.5. The Labute approximate surface area is 172 Å². The molecular formula is C23H29N3O3. The van der Waals surface area contributed by atoms with Gasteiger partial charge in [0.25, 0.3) is 0 Å². The van der Waals surface area contributed by atoms with Gasteiger partial charge in [-0.15, -0.1) is 0 Å². The number of benzene rings is 1. The highest BCUT2D eigenvalue weighted by Crippen LogP contribution is 2.32. The van der Waals surface area contributed by atoms with E-state index in [2.05, 4.69) is 28.0 Å². The summed E-state index contributed by atoms with van der Waals surface area (Å²) in [6.45, 7) is 3.66. The van der Waals surface area contributed by atoms with Crippen LogP contribution in [-0.4, -0.2) is 44.2 Å². The Morgan fingerprint density at radius 1 is 1.17 bits per heavy atom. The van der Waals surface area contributed by atoms with E-state index in [-0.39, 0.29) is 6.04 Å². The lowest BCUT2D eigenvalue weighted by Crippen LogP contribution is -2.51. The molecule has 1 aromatic rings. The summed E-state index contributed by atoms with van der Waals surface area (Å²) in [6, 6.07) is 5.98. The summed E-state index contributed by atoms with van der Waals surface area (Å²) < 4.78 is 16.8. The van der Waals surface area contributed by atoms with E-state index in [0.717, 1.165) is 68.3 Å². The zero-order chi connectivity index (χ0) is 20.1. The molecule has 1 aliphatic carbocycles. The zero-order valence-corrected chi connectivity index (χ0v) is 16.9. The highest BCUT2D eigenvalue weighted by molar-refractivity contribution is 5.65. The molecule has 1 aromatic carbocycles. The maximum atomic E-state index is 6.02. The van der Waals surface area contributed by atoms with Gasteiger partial charge in [-0.05, 0) is 37.5 Å². The summed E-state index contributed by atoms with van der Waals surface area (Å²) in [5.41, 5.74) is 9.28. The Hall–Kier alpha value is -2.86. The molecule has 1 atom stereocenters. The third-order valence-electron chi connectivity index (χ3n) is 5.71. The molecule has 0 amide bonds. The predicted octanol–water partition coefficient (Wildman–Crippen LogP) is 3.79. The molecule has 154 valence electrons. The van der Waals surface area contributed by atoms with Gasteiger partial charge in [-0.1, -0.05) is 23.8 Å². The number of anilines is 2. The number of rotatable bonds is 6. The van der Waals surface area contributed by atoms with Gasteiger partial charge in [0, 0.05) is 31.9 Å². The molecule has 4 rings (SSSR count). The van der Waals surface area contributed by atoms with Crippen LogP contribution in [0.25, 0.3) is 0 Å². The van der Waals surface area contributed by atoms with Crippen molar-refractivity contribution in [1.29, 1.82) is 0 Å². The topological polar surface area (TPSA) is 60.2 Å². The van der Waals surface area contributed by atoms with E-state index in [1.165, 1.54) is 5.57 Å². The molecule has 29 heavy (non-hydrogen) atoms. The number of nitrogens with two attached hydrogens (primary N) is 1. The van der Waals surface area contributed by atoms with Crippen molar-refractivity contribution in [3.8, 4) is 5.75 Å². The second kappa shape index (κ2) is 9.09. The molecule has 0 spiro atoms. The van der Waals surface area contributed by atoms with Crippen LogP contribution in [0, 0.1) is 0 Å². The quantitative estimate of drug-likeness (QED) is 0.740. The first-order valence-corrected chi connectivity index (χ1v) is 10.2. The second-order valence-electron chi connectivity index (χ2n) is 7.51. The van der Waals surface area contributed by atoms with E-state index in [1.54, 1.807) is 25.9 Å². The first kappa shape index (κ1) is 19.5. The van der Waals surface area contributed by atoms with Gasteiger partial charge in [0.15, 0.2) is 5.76 Å². The molecule has 1 unspecified atom stereocenters. The Bertz CT molecular complexity index is 836. The van der Waals surface area contributed by atoms with Crippen LogP contribution in [0.2, 0.25) is 0 Å². The third-order valence-corrected chi connectivity index (χ3v) is 5.71.